The van der Waals surface area contributed by atoms with Crippen molar-refractivity contribution >= 4 is 11.6 Å². The minimum atomic E-state index is 0.00686. The molecule has 0 aliphatic heterocycles. The number of methoxy groups -OCH3 is 2. The van der Waals surface area contributed by atoms with Crippen LogP contribution in [0.3, 0.4) is 0 Å². The molecule has 2 aromatic rings. The summed E-state index contributed by atoms with van der Waals surface area (Å²) in [4.78, 5) is 12.2. The molecule has 1 heterocycles. The average Bonchev–Trinajstić information content (AvgIpc) is 2.47. The van der Waals surface area contributed by atoms with Crippen LogP contribution in [0.2, 0.25) is 0 Å². The molecule has 2 rings (SSSR count). The summed E-state index contributed by atoms with van der Waals surface area (Å²) in [5.41, 5.74) is 7.46. The molecule has 1 aromatic heterocycles. The molecule has 7 nitrogen and oxygen atoms in total. The molecule has 3 N–H and O–H groups in total. The summed E-state index contributed by atoms with van der Waals surface area (Å²) in [6.07, 6.45) is 0. The van der Waals surface area contributed by atoms with E-state index in [1.807, 2.05) is 31.2 Å². The molecule has 0 fully saturated rings. The SMILES string of the molecule is COc1nc(NC(C)c2ccc(N)cc2)nc(OC)n1. The number of nitrogens with one attached hydrogen (secondary N) is 1. The van der Waals surface area contributed by atoms with Crippen molar-refractivity contribution in [1.29, 1.82) is 0 Å². The lowest BCUT2D eigenvalue weighted by molar-refractivity contribution is 0.341. The maximum absolute atomic E-state index is 5.67. The van der Waals surface area contributed by atoms with Crippen LogP contribution >= 0.6 is 0 Å². The Bertz CT molecular complexity index is 551. The Kier molecular flexibility index (Phi) is 4.19. The van der Waals surface area contributed by atoms with E-state index in [1.165, 1.54) is 14.2 Å². The molecule has 1 unspecified atom stereocenters. The van der Waals surface area contributed by atoms with E-state index in [2.05, 4.69) is 20.3 Å². The van der Waals surface area contributed by atoms with Crippen molar-refractivity contribution in [3.63, 3.8) is 0 Å². The molecule has 0 saturated carbocycles. The summed E-state index contributed by atoms with van der Waals surface area (Å²) in [5.74, 6) is 0.387. The van der Waals surface area contributed by atoms with Crippen LogP contribution < -0.4 is 20.5 Å². The van der Waals surface area contributed by atoms with E-state index in [0.717, 1.165) is 11.3 Å². The van der Waals surface area contributed by atoms with Gasteiger partial charge in [-0.25, -0.2) is 0 Å². The molecule has 0 spiro atoms. The number of ether oxygens (including phenoxy) is 2. The molecule has 0 aliphatic rings. The third-order valence-corrected chi connectivity index (χ3v) is 2.74. The molecule has 0 saturated heterocycles. The van der Waals surface area contributed by atoms with Gasteiger partial charge in [-0.05, 0) is 24.6 Å². The molecule has 1 aromatic carbocycles. The first-order valence-corrected chi connectivity index (χ1v) is 6.08. The standard InChI is InChI=1S/C13H17N5O2/c1-8(9-4-6-10(14)7-5-9)15-11-16-12(19-2)18-13(17-11)20-3/h4-8H,14H2,1-3H3,(H,15,16,17,18). The summed E-state index contributed by atoms with van der Waals surface area (Å²) < 4.78 is 10.0. The number of hydrogen-bond donors (Lipinski definition) is 2. The van der Waals surface area contributed by atoms with E-state index < -0.39 is 0 Å². The van der Waals surface area contributed by atoms with Gasteiger partial charge in [0.25, 0.3) is 0 Å². The van der Waals surface area contributed by atoms with Gasteiger partial charge in [0.05, 0.1) is 20.3 Å². The van der Waals surface area contributed by atoms with Gasteiger partial charge in [0.1, 0.15) is 0 Å². The highest BCUT2D eigenvalue weighted by atomic mass is 16.5. The maximum Gasteiger partial charge on any atom is 0.324 e. The van der Waals surface area contributed by atoms with Gasteiger partial charge in [-0.2, -0.15) is 9.97 Å². The second kappa shape index (κ2) is 6.05. The second-order valence-electron chi connectivity index (χ2n) is 4.17. The summed E-state index contributed by atoms with van der Waals surface area (Å²) >= 11 is 0. The van der Waals surface area contributed by atoms with Crippen molar-refractivity contribution in [1.82, 2.24) is 15.0 Å². The van der Waals surface area contributed by atoms with Crippen LogP contribution in [-0.4, -0.2) is 29.2 Å². The summed E-state index contributed by atoms with van der Waals surface area (Å²) in [6.45, 7) is 1.99. The number of aromatic nitrogens is 3. The molecule has 7 heteroatoms. The van der Waals surface area contributed by atoms with Gasteiger partial charge < -0.3 is 20.5 Å². The highest BCUT2D eigenvalue weighted by Gasteiger charge is 2.11. The Hall–Kier alpha value is -2.57. The van der Waals surface area contributed by atoms with E-state index in [4.69, 9.17) is 15.2 Å². The number of nitrogens with zero attached hydrogens (tertiary/aromatic N) is 3. The lowest BCUT2D eigenvalue weighted by Gasteiger charge is -2.15. The molecular formula is C13H17N5O2. The molecule has 106 valence electrons. The third kappa shape index (κ3) is 3.25. The zero-order valence-corrected chi connectivity index (χ0v) is 11.6. The summed E-state index contributed by atoms with van der Waals surface area (Å²) in [5, 5.41) is 3.16. The topological polar surface area (TPSA) is 95.2 Å². The monoisotopic (exact) mass is 275 g/mol. The second-order valence-corrected chi connectivity index (χ2v) is 4.17. The number of rotatable bonds is 5. The zero-order chi connectivity index (χ0) is 14.5. The highest BCUT2D eigenvalue weighted by Crippen LogP contribution is 2.20. The maximum atomic E-state index is 5.67. The van der Waals surface area contributed by atoms with Crippen LogP contribution in [0.15, 0.2) is 24.3 Å². The minimum absolute atomic E-state index is 0.00686. The zero-order valence-electron chi connectivity index (χ0n) is 11.6. The predicted octanol–water partition coefficient (Wildman–Crippen LogP) is 1.64. The van der Waals surface area contributed by atoms with Gasteiger partial charge in [0.15, 0.2) is 0 Å². The molecule has 0 aliphatic carbocycles. The summed E-state index contributed by atoms with van der Waals surface area (Å²) in [7, 11) is 2.98. The minimum Gasteiger partial charge on any atom is -0.467 e. The molecule has 0 bridgehead atoms. The highest BCUT2D eigenvalue weighted by molar-refractivity contribution is 5.42. The number of hydrogen-bond acceptors (Lipinski definition) is 7. The first-order valence-electron chi connectivity index (χ1n) is 6.08. The fourth-order valence-electron chi connectivity index (χ4n) is 1.65. The van der Waals surface area contributed by atoms with Crippen molar-refractivity contribution < 1.29 is 9.47 Å². The Labute approximate surface area is 117 Å². The van der Waals surface area contributed by atoms with Gasteiger partial charge in [-0.1, -0.05) is 12.1 Å². The van der Waals surface area contributed by atoms with Gasteiger partial charge in [0.2, 0.25) is 5.95 Å². The first-order chi connectivity index (χ1) is 9.62. The first kappa shape index (κ1) is 13.9. The molecule has 0 radical (unpaired) electrons. The normalized spacial score (nSPS) is 11.8. The fraction of sp³-hybridized carbons (Fsp3) is 0.308. The molecule has 20 heavy (non-hydrogen) atoms. The Morgan fingerprint density at radius 1 is 1.00 bits per heavy atom. The van der Waals surface area contributed by atoms with E-state index in [1.54, 1.807) is 0 Å². The number of nitrogens with two attached hydrogens (primary N) is 1. The quantitative estimate of drug-likeness (QED) is 0.801. The smallest absolute Gasteiger partial charge is 0.324 e. The van der Waals surface area contributed by atoms with Gasteiger partial charge in [0, 0.05) is 5.69 Å². The average molecular weight is 275 g/mol. The van der Waals surface area contributed by atoms with Crippen molar-refractivity contribution in [2.24, 2.45) is 0 Å². The van der Waals surface area contributed by atoms with Crippen molar-refractivity contribution in [3.05, 3.63) is 29.8 Å². The van der Waals surface area contributed by atoms with E-state index >= 15 is 0 Å². The van der Waals surface area contributed by atoms with Crippen LogP contribution in [0.1, 0.15) is 18.5 Å². The van der Waals surface area contributed by atoms with Crippen molar-refractivity contribution in [2.75, 3.05) is 25.3 Å². The lowest BCUT2D eigenvalue weighted by Crippen LogP contribution is -2.11. The van der Waals surface area contributed by atoms with Crippen molar-refractivity contribution in [3.8, 4) is 12.0 Å². The lowest BCUT2D eigenvalue weighted by atomic mass is 10.1. The Balaban J connectivity index is 2.18. The number of anilines is 2. The molecule has 0 amide bonds. The largest absolute Gasteiger partial charge is 0.467 e. The Morgan fingerprint density at radius 2 is 1.55 bits per heavy atom. The van der Waals surface area contributed by atoms with E-state index in [-0.39, 0.29) is 18.1 Å². The Morgan fingerprint density at radius 3 is 2.05 bits per heavy atom. The van der Waals surface area contributed by atoms with E-state index in [9.17, 15) is 0 Å². The van der Waals surface area contributed by atoms with Gasteiger partial charge in [-0.15, -0.1) is 4.98 Å². The molecular weight excluding hydrogens is 258 g/mol. The van der Waals surface area contributed by atoms with E-state index in [0.29, 0.717) is 5.95 Å². The predicted molar refractivity (Wildman–Crippen MR) is 75.8 cm³/mol. The molecule has 1 atom stereocenters. The van der Waals surface area contributed by atoms with Gasteiger partial charge >= 0.3 is 12.0 Å². The third-order valence-electron chi connectivity index (χ3n) is 2.74. The van der Waals surface area contributed by atoms with Crippen LogP contribution in [0.25, 0.3) is 0 Å². The van der Waals surface area contributed by atoms with Crippen LogP contribution in [-0.2, 0) is 0 Å². The van der Waals surface area contributed by atoms with Crippen LogP contribution in [0.4, 0.5) is 11.6 Å². The number of benzene rings is 1. The summed E-state index contributed by atoms with van der Waals surface area (Å²) in [6, 6.07) is 8.00. The van der Waals surface area contributed by atoms with Crippen LogP contribution in [0.5, 0.6) is 12.0 Å². The van der Waals surface area contributed by atoms with Crippen molar-refractivity contribution in [2.45, 2.75) is 13.0 Å². The van der Waals surface area contributed by atoms with Gasteiger partial charge in [-0.3, -0.25) is 0 Å². The number of nitrogen functional groups attached to an aromatic ring is 1. The van der Waals surface area contributed by atoms with Crippen LogP contribution in [0, 0.1) is 0 Å². The fourth-order valence-corrected chi connectivity index (χ4v) is 1.65.